The van der Waals surface area contributed by atoms with Gasteiger partial charge in [0.05, 0.1) is 0 Å². The van der Waals surface area contributed by atoms with Crippen molar-refractivity contribution in [2.75, 3.05) is 6.54 Å². The molecular weight excluding hydrogens is 256 g/mol. The molecule has 0 aliphatic rings. The van der Waals surface area contributed by atoms with E-state index in [1.165, 1.54) is 17.7 Å². The average molecular weight is 275 g/mol. The van der Waals surface area contributed by atoms with E-state index in [4.69, 9.17) is 0 Å². The first-order valence-corrected chi connectivity index (χ1v) is 6.93. The Balaban J connectivity index is 2.20. The van der Waals surface area contributed by atoms with E-state index in [1.807, 2.05) is 30.3 Å². The van der Waals surface area contributed by atoms with Crippen LogP contribution in [0.1, 0.15) is 30.5 Å². The molecule has 0 spiro atoms. The average Bonchev–Trinajstić information content (AvgIpc) is 2.47. The summed E-state index contributed by atoms with van der Waals surface area (Å²) in [5.41, 5.74) is 1.95. The molecule has 0 saturated carbocycles. The molecule has 0 radical (unpaired) electrons. The van der Waals surface area contributed by atoms with Crippen molar-refractivity contribution in [3.05, 3.63) is 71.3 Å². The maximum Gasteiger partial charge on any atom is 0.159 e. The second-order valence-corrected chi connectivity index (χ2v) is 4.87. The standard InChI is InChI=1S/C17H19F2N/c1-2-10-20-17(11-13-6-4-3-5-7-13)14-8-9-15(18)16(19)12-14/h3-9,12,17,20H,2,10-11H2,1H3. The van der Waals surface area contributed by atoms with E-state index in [9.17, 15) is 8.78 Å². The minimum atomic E-state index is -0.803. The summed E-state index contributed by atoms with van der Waals surface area (Å²) in [5.74, 6) is -1.60. The first kappa shape index (κ1) is 14.7. The van der Waals surface area contributed by atoms with Gasteiger partial charge in [0.15, 0.2) is 11.6 Å². The Kier molecular flexibility index (Phi) is 5.24. The molecule has 2 aromatic carbocycles. The summed E-state index contributed by atoms with van der Waals surface area (Å²) in [6.07, 6.45) is 1.75. The van der Waals surface area contributed by atoms with E-state index in [0.29, 0.717) is 0 Å². The Morgan fingerprint density at radius 2 is 1.75 bits per heavy atom. The lowest BCUT2D eigenvalue weighted by molar-refractivity contribution is 0.493. The van der Waals surface area contributed by atoms with Crippen LogP contribution in [0.5, 0.6) is 0 Å². The Bertz CT molecular complexity index is 540. The number of hydrogen-bond acceptors (Lipinski definition) is 1. The molecule has 0 fully saturated rings. The van der Waals surface area contributed by atoms with Crippen molar-refractivity contribution in [1.82, 2.24) is 5.32 Å². The number of rotatable bonds is 6. The van der Waals surface area contributed by atoms with E-state index in [-0.39, 0.29) is 6.04 Å². The van der Waals surface area contributed by atoms with Gasteiger partial charge >= 0.3 is 0 Å². The van der Waals surface area contributed by atoms with Crippen molar-refractivity contribution in [2.45, 2.75) is 25.8 Å². The molecule has 0 aromatic heterocycles. The Labute approximate surface area is 118 Å². The summed E-state index contributed by atoms with van der Waals surface area (Å²) in [5, 5.41) is 3.39. The van der Waals surface area contributed by atoms with Crippen molar-refractivity contribution in [1.29, 1.82) is 0 Å². The summed E-state index contributed by atoms with van der Waals surface area (Å²) in [7, 11) is 0. The van der Waals surface area contributed by atoms with Gasteiger partial charge in [-0.3, -0.25) is 0 Å². The molecular formula is C17H19F2N. The van der Waals surface area contributed by atoms with Crippen molar-refractivity contribution < 1.29 is 8.78 Å². The number of hydrogen-bond donors (Lipinski definition) is 1. The van der Waals surface area contributed by atoms with Crippen LogP contribution in [0.2, 0.25) is 0 Å². The monoisotopic (exact) mass is 275 g/mol. The van der Waals surface area contributed by atoms with E-state index in [0.717, 1.165) is 24.9 Å². The molecule has 0 heterocycles. The predicted molar refractivity (Wildman–Crippen MR) is 77.5 cm³/mol. The van der Waals surface area contributed by atoms with E-state index in [1.54, 1.807) is 6.07 Å². The van der Waals surface area contributed by atoms with Gasteiger partial charge < -0.3 is 5.32 Å². The molecule has 1 atom stereocenters. The van der Waals surface area contributed by atoms with Crippen molar-refractivity contribution in [2.24, 2.45) is 0 Å². The van der Waals surface area contributed by atoms with Crippen LogP contribution in [0.15, 0.2) is 48.5 Å². The fraction of sp³-hybridized carbons (Fsp3) is 0.294. The summed E-state index contributed by atoms with van der Waals surface area (Å²) < 4.78 is 26.4. The topological polar surface area (TPSA) is 12.0 Å². The quantitative estimate of drug-likeness (QED) is 0.831. The lowest BCUT2D eigenvalue weighted by atomic mass is 9.98. The van der Waals surface area contributed by atoms with Crippen molar-refractivity contribution >= 4 is 0 Å². The molecule has 0 saturated heterocycles. The predicted octanol–water partition coefficient (Wildman–Crippen LogP) is 4.25. The molecule has 2 aromatic rings. The SMILES string of the molecule is CCCNC(Cc1ccccc1)c1ccc(F)c(F)c1. The first-order valence-electron chi connectivity index (χ1n) is 6.93. The summed E-state index contributed by atoms with van der Waals surface area (Å²) >= 11 is 0. The van der Waals surface area contributed by atoms with Crippen LogP contribution in [0, 0.1) is 11.6 Å². The number of benzene rings is 2. The molecule has 0 aliphatic heterocycles. The van der Waals surface area contributed by atoms with Gasteiger partial charge in [-0.25, -0.2) is 8.78 Å². The number of nitrogens with one attached hydrogen (secondary N) is 1. The third kappa shape index (κ3) is 3.87. The number of halogens is 2. The third-order valence-electron chi connectivity index (χ3n) is 3.27. The van der Waals surface area contributed by atoms with Gasteiger partial charge in [0.1, 0.15) is 0 Å². The maximum absolute atomic E-state index is 13.4. The molecule has 1 N–H and O–H groups in total. The molecule has 0 bridgehead atoms. The van der Waals surface area contributed by atoms with Gasteiger partial charge in [-0.2, -0.15) is 0 Å². The lowest BCUT2D eigenvalue weighted by Gasteiger charge is -2.19. The molecule has 1 unspecified atom stereocenters. The van der Waals surface area contributed by atoms with Crippen molar-refractivity contribution in [3.63, 3.8) is 0 Å². The van der Waals surface area contributed by atoms with Gasteiger partial charge in [-0.05, 0) is 42.6 Å². The first-order chi connectivity index (χ1) is 9.70. The van der Waals surface area contributed by atoms with Gasteiger partial charge in [0.25, 0.3) is 0 Å². The molecule has 106 valence electrons. The normalized spacial score (nSPS) is 12.3. The highest BCUT2D eigenvalue weighted by Crippen LogP contribution is 2.20. The summed E-state index contributed by atoms with van der Waals surface area (Å²) in [4.78, 5) is 0. The molecule has 3 heteroatoms. The Morgan fingerprint density at radius 3 is 2.40 bits per heavy atom. The van der Waals surface area contributed by atoms with E-state index in [2.05, 4.69) is 12.2 Å². The Hall–Kier alpha value is -1.74. The van der Waals surface area contributed by atoms with Crippen LogP contribution in [-0.4, -0.2) is 6.54 Å². The molecule has 2 rings (SSSR count). The summed E-state index contributed by atoms with van der Waals surface area (Å²) in [6, 6.07) is 14.1. The zero-order chi connectivity index (χ0) is 14.4. The zero-order valence-corrected chi connectivity index (χ0v) is 11.6. The van der Waals surface area contributed by atoms with Gasteiger partial charge in [0, 0.05) is 6.04 Å². The van der Waals surface area contributed by atoms with Crippen molar-refractivity contribution in [3.8, 4) is 0 Å². The van der Waals surface area contributed by atoms with Gasteiger partial charge in [0.2, 0.25) is 0 Å². The highest BCUT2D eigenvalue weighted by molar-refractivity contribution is 5.25. The van der Waals surface area contributed by atoms with E-state index >= 15 is 0 Å². The largest absolute Gasteiger partial charge is 0.310 e. The van der Waals surface area contributed by atoms with E-state index < -0.39 is 11.6 Å². The zero-order valence-electron chi connectivity index (χ0n) is 11.6. The van der Waals surface area contributed by atoms with Gasteiger partial charge in [-0.1, -0.05) is 43.3 Å². The van der Waals surface area contributed by atoms with Crippen LogP contribution in [0.3, 0.4) is 0 Å². The minimum absolute atomic E-state index is 0.00699. The second kappa shape index (κ2) is 7.15. The smallest absolute Gasteiger partial charge is 0.159 e. The molecule has 1 nitrogen and oxygen atoms in total. The van der Waals surface area contributed by atoms with Crippen LogP contribution in [0.4, 0.5) is 8.78 Å². The molecule has 0 aliphatic carbocycles. The lowest BCUT2D eigenvalue weighted by Crippen LogP contribution is -2.24. The van der Waals surface area contributed by atoms with Crippen LogP contribution in [-0.2, 0) is 6.42 Å². The van der Waals surface area contributed by atoms with Crippen LogP contribution < -0.4 is 5.32 Å². The highest BCUT2D eigenvalue weighted by atomic mass is 19.2. The van der Waals surface area contributed by atoms with Crippen LogP contribution >= 0.6 is 0 Å². The maximum atomic E-state index is 13.4. The minimum Gasteiger partial charge on any atom is -0.310 e. The third-order valence-corrected chi connectivity index (χ3v) is 3.27. The fourth-order valence-corrected chi connectivity index (χ4v) is 2.21. The highest BCUT2D eigenvalue weighted by Gasteiger charge is 2.13. The molecule has 20 heavy (non-hydrogen) atoms. The van der Waals surface area contributed by atoms with Gasteiger partial charge in [-0.15, -0.1) is 0 Å². The molecule has 0 amide bonds. The summed E-state index contributed by atoms with van der Waals surface area (Å²) in [6.45, 7) is 2.92. The fourth-order valence-electron chi connectivity index (χ4n) is 2.21. The Morgan fingerprint density at radius 1 is 1.00 bits per heavy atom. The second-order valence-electron chi connectivity index (χ2n) is 4.87. The van der Waals surface area contributed by atoms with Crippen LogP contribution in [0.25, 0.3) is 0 Å².